The van der Waals surface area contributed by atoms with E-state index in [9.17, 15) is 4.79 Å². The molecule has 1 unspecified atom stereocenters. The summed E-state index contributed by atoms with van der Waals surface area (Å²) >= 11 is 0. The Bertz CT molecular complexity index is 245. The lowest BCUT2D eigenvalue weighted by atomic mass is 9.88. The predicted octanol–water partition coefficient (Wildman–Crippen LogP) is 0.764. The van der Waals surface area contributed by atoms with E-state index in [1.807, 2.05) is 11.8 Å². The van der Waals surface area contributed by atoms with Gasteiger partial charge in [0.1, 0.15) is 0 Å². The van der Waals surface area contributed by atoms with Crippen molar-refractivity contribution >= 4 is 5.91 Å². The summed E-state index contributed by atoms with van der Waals surface area (Å²) in [6.45, 7) is 3.85. The summed E-state index contributed by atoms with van der Waals surface area (Å²) in [6.07, 6.45) is 4.79. The number of nitrogens with zero attached hydrogens (tertiary/aromatic N) is 1. The zero-order valence-corrected chi connectivity index (χ0v) is 10.2. The SMILES string of the molecule is COC1CC(NC(C)C(=O)N2CCCC2)C1. The molecule has 2 rings (SSSR count). The lowest BCUT2D eigenvalue weighted by Gasteiger charge is -2.37. The maximum Gasteiger partial charge on any atom is 0.239 e. The first-order valence-corrected chi connectivity index (χ1v) is 6.28. The molecule has 1 saturated heterocycles. The summed E-state index contributed by atoms with van der Waals surface area (Å²) in [4.78, 5) is 14.0. The number of carbonyl (C=O) groups excluding carboxylic acids is 1. The van der Waals surface area contributed by atoms with E-state index in [1.54, 1.807) is 7.11 Å². The van der Waals surface area contributed by atoms with E-state index in [4.69, 9.17) is 4.74 Å². The van der Waals surface area contributed by atoms with Gasteiger partial charge in [0.15, 0.2) is 0 Å². The van der Waals surface area contributed by atoms with Crippen LogP contribution in [0.3, 0.4) is 0 Å². The minimum atomic E-state index is -0.0408. The molecule has 1 aliphatic carbocycles. The second-order valence-corrected chi connectivity index (χ2v) is 4.95. The monoisotopic (exact) mass is 226 g/mol. The maximum atomic E-state index is 12.0. The maximum absolute atomic E-state index is 12.0. The number of nitrogens with one attached hydrogen (secondary N) is 1. The van der Waals surface area contributed by atoms with Gasteiger partial charge >= 0.3 is 0 Å². The Morgan fingerprint density at radius 1 is 1.38 bits per heavy atom. The smallest absolute Gasteiger partial charge is 0.239 e. The Balaban J connectivity index is 1.71. The number of hydrogen-bond donors (Lipinski definition) is 1. The van der Waals surface area contributed by atoms with E-state index >= 15 is 0 Å². The second kappa shape index (κ2) is 5.15. The lowest BCUT2D eigenvalue weighted by Crippen LogP contribution is -2.53. The summed E-state index contributed by atoms with van der Waals surface area (Å²) in [5.41, 5.74) is 0. The molecule has 0 spiro atoms. The number of carbonyl (C=O) groups is 1. The summed E-state index contributed by atoms with van der Waals surface area (Å²) in [6, 6.07) is 0.424. The van der Waals surface area contributed by atoms with Gasteiger partial charge < -0.3 is 15.0 Å². The van der Waals surface area contributed by atoms with Crippen LogP contribution in [0.1, 0.15) is 32.6 Å². The van der Waals surface area contributed by atoms with E-state index < -0.39 is 0 Å². The number of rotatable bonds is 4. The fourth-order valence-corrected chi connectivity index (χ4v) is 2.53. The number of amides is 1. The number of ether oxygens (including phenoxy) is 1. The normalized spacial score (nSPS) is 31.2. The molecule has 1 N–H and O–H groups in total. The number of hydrogen-bond acceptors (Lipinski definition) is 3. The fourth-order valence-electron chi connectivity index (χ4n) is 2.53. The molecule has 0 bridgehead atoms. The molecule has 4 nitrogen and oxygen atoms in total. The van der Waals surface area contributed by atoms with Crippen LogP contribution < -0.4 is 5.32 Å². The minimum Gasteiger partial charge on any atom is -0.381 e. The van der Waals surface area contributed by atoms with Crippen molar-refractivity contribution in [3.8, 4) is 0 Å². The van der Waals surface area contributed by atoms with E-state index in [1.165, 1.54) is 0 Å². The van der Waals surface area contributed by atoms with Crippen molar-refractivity contribution < 1.29 is 9.53 Å². The van der Waals surface area contributed by atoms with Gasteiger partial charge in [0.05, 0.1) is 12.1 Å². The lowest BCUT2D eigenvalue weighted by molar-refractivity contribution is -0.132. The molecule has 1 atom stereocenters. The second-order valence-electron chi connectivity index (χ2n) is 4.95. The van der Waals surface area contributed by atoms with Crippen LogP contribution in [0.4, 0.5) is 0 Å². The van der Waals surface area contributed by atoms with Crippen LogP contribution in [0, 0.1) is 0 Å². The molecule has 0 aromatic carbocycles. The summed E-state index contributed by atoms with van der Waals surface area (Å²) in [7, 11) is 1.75. The molecule has 2 fully saturated rings. The van der Waals surface area contributed by atoms with Crippen LogP contribution in [0.25, 0.3) is 0 Å². The van der Waals surface area contributed by atoms with Gasteiger partial charge in [-0.2, -0.15) is 0 Å². The zero-order valence-electron chi connectivity index (χ0n) is 10.2. The molecule has 1 amide bonds. The fraction of sp³-hybridized carbons (Fsp3) is 0.917. The molecule has 2 aliphatic rings. The van der Waals surface area contributed by atoms with Crippen LogP contribution in [-0.2, 0) is 9.53 Å². The topological polar surface area (TPSA) is 41.6 Å². The van der Waals surface area contributed by atoms with Gasteiger partial charge in [0.2, 0.25) is 5.91 Å². The first kappa shape index (κ1) is 11.9. The molecule has 92 valence electrons. The zero-order chi connectivity index (χ0) is 11.5. The van der Waals surface area contributed by atoms with Crippen molar-refractivity contribution in [2.45, 2.75) is 50.8 Å². The first-order chi connectivity index (χ1) is 7.70. The third-order valence-corrected chi connectivity index (χ3v) is 3.70. The Morgan fingerprint density at radius 2 is 2.00 bits per heavy atom. The molecule has 0 radical (unpaired) electrons. The third-order valence-electron chi connectivity index (χ3n) is 3.70. The highest BCUT2D eigenvalue weighted by molar-refractivity contribution is 5.81. The molecular weight excluding hydrogens is 204 g/mol. The van der Waals surface area contributed by atoms with Gasteiger partial charge in [-0.15, -0.1) is 0 Å². The third kappa shape index (κ3) is 2.55. The molecule has 1 aliphatic heterocycles. The van der Waals surface area contributed by atoms with Crippen LogP contribution in [0.2, 0.25) is 0 Å². The molecule has 0 aromatic rings. The van der Waals surface area contributed by atoms with Crippen molar-refractivity contribution in [1.29, 1.82) is 0 Å². The van der Waals surface area contributed by atoms with Crippen LogP contribution >= 0.6 is 0 Å². The average molecular weight is 226 g/mol. The number of likely N-dealkylation sites (tertiary alicyclic amines) is 1. The highest BCUT2D eigenvalue weighted by atomic mass is 16.5. The number of methoxy groups -OCH3 is 1. The van der Waals surface area contributed by atoms with E-state index in [2.05, 4.69) is 5.32 Å². The predicted molar refractivity (Wildman–Crippen MR) is 62.2 cm³/mol. The average Bonchev–Trinajstić information content (AvgIpc) is 2.74. The highest BCUT2D eigenvalue weighted by Gasteiger charge is 2.32. The molecular formula is C12H22N2O2. The van der Waals surface area contributed by atoms with Gasteiger partial charge in [0, 0.05) is 26.2 Å². The minimum absolute atomic E-state index is 0.0408. The van der Waals surface area contributed by atoms with Crippen molar-refractivity contribution in [3.05, 3.63) is 0 Å². The van der Waals surface area contributed by atoms with Crippen LogP contribution in [0.5, 0.6) is 0 Å². The van der Waals surface area contributed by atoms with Crippen molar-refractivity contribution in [1.82, 2.24) is 10.2 Å². The molecule has 4 heteroatoms. The van der Waals surface area contributed by atoms with Crippen molar-refractivity contribution in [3.63, 3.8) is 0 Å². The molecule has 1 heterocycles. The van der Waals surface area contributed by atoms with Gasteiger partial charge in [-0.1, -0.05) is 0 Å². The van der Waals surface area contributed by atoms with E-state index in [0.717, 1.165) is 38.8 Å². The molecule has 16 heavy (non-hydrogen) atoms. The van der Waals surface area contributed by atoms with Gasteiger partial charge in [-0.25, -0.2) is 0 Å². The standard InChI is InChI=1S/C12H22N2O2/c1-9(12(15)14-5-3-4-6-14)13-10-7-11(8-10)16-2/h9-11,13H,3-8H2,1-2H3. The van der Waals surface area contributed by atoms with Gasteiger partial charge in [-0.05, 0) is 32.6 Å². The van der Waals surface area contributed by atoms with Crippen molar-refractivity contribution in [2.24, 2.45) is 0 Å². The molecule has 1 saturated carbocycles. The molecule has 0 aromatic heterocycles. The van der Waals surface area contributed by atoms with Crippen LogP contribution in [0.15, 0.2) is 0 Å². The highest BCUT2D eigenvalue weighted by Crippen LogP contribution is 2.23. The Labute approximate surface area is 97.3 Å². The van der Waals surface area contributed by atoms with E-state index in [0.29, 0.717) is 12.1 Å². The van der Waals surface area contributed by atoms with Gasteiger partial charge in [-0.3, -0.25) is 4.79 Å². The Kier molecular flexibility index (Phi) is 3.82. The van der Waals surface area contributed by atoms with Gasteiger partial charge in [0.25, 0.3) is 0 Å². The largest absolute Gasteiger partial charge is 0.381 e. The summed E-state index contributed by atoms with van der Waals surface area (Å²) in [5, 5.41) is 3.39. The first-order valence-electron chi connectivity index (χ1n) is 6.28. The van der Waals surface area contributed by atoms with E-state index in [-0.39, 0.29) is 11.9 Å². The van der Waals surface area contributed by atoms with Crippen molar-refractivity contribution in [2.75, 3.05) is 20.2 Å². The van der Waals surface area contributed by atoms with Crippen LogP contribution in [-0.4, -0.2) is 49.2 Å². The Hall–Kier alpha value is -0.610. The summed E-state index contributed by atoms with van der Waals surface area (Å²) in [5.74, 6) is 0.262. The Morgan fingerprint density at radius 3 is 2.56 bits per heavy atom. The quantitative estimate of drug-likeness (QED) is 0.769. The summed E-state index contributed by atoms with van der Waals surface area (Å²) < 4.78 is 5.22.